The molecule has 180 valence electrons. The van der Waals surface area contributed by atoms with Gasteiger partial charge in [0.05, 0.1) is 11.4 Å². The van der Waals surface area contributed by atoms with Gasteiger partial charge in [-0.05, 0) is 62.1 Å². The number of piperidine rings is 1. The van der Waals surface area contributed by atoms with Crippen LogP contribution in [-0.2, 0) is 17.9 Å². The smallest absolute Gasteiger partial charge is 0.226 e. The Morgan fingerprint density at radius 2 is 1.76 bits per heavy atom. The van der Waals surface area contributed by atoms with Gasteiger partial charge in [-0.25, -0.2) is 4.68 Å². The van der Waals surface area contributed by atoms with Crippen LogP contribution in [0.2, 0.25) is 0 Å². The number of anilines is 1. The number of nitrogens with zero attached hydrogens (tertiary/aromatic N) is 4. The Bertz CT molecular complexity index is 1140. The molecule has 0 aliphatic carbocycles. The number of amides is 1. The third-order valence-corrected chi connectivity index (χ3v) is 5.93. The topological polar surface area (TPSA) is 74.6 Å². The van der Waals surface area contributed by atoms with Gasteiger partial charge < -0.3 is 15.5 Å². The summed E-state index contributed by atoms with van der Waals surface area (Å²) >= 11 is 0. The van der Waals surface area contributed by atoms with Crippen LogP contribution in [0.15, 0.2) is 59.6 Å². The molecule has 2 heterocycles. The lowest BCUT2D eigenvalue weighted by Crippen LogP contribution is -2.36. The maximum Gasteiger partial charge on any atom is 0.226 e. The predicted molar refractivity (Wildman–Crippen MR) is 148 cm³/mol. The summed E-state index contributed by atoms with van der Waals surface area (Å²) < 4.78 is 1.98. The summed E-state index contributed by atoms with van der Waals surface area (Å²) in [5, 5.41) is 11.4. The number of aliphatic imine (C=N–C) groups is 1. The molecule has 3 aromatic rings. The first kappa shape index (κ1) is 25.7. The minimum atomic E-state index is 0. The largest absolute Gasteiger partial charge is 0.352 e. The second kappa shape index (κ2) is 12.0. The van der Waals surface area contributed by atoms with E-state index in [1.54, 1.807) is 7.05 Å². The number of para-hydroxylation sites is 1. The number of hydrogen-bond donors (Lipinski definition) is 2. The van der Waals surface area contributed by atoms with Gasteiger partial charge in [-0.2, -0.15) is 5.10 Å². The first-order valence-electron chi connectivity index (χ1n) is 11.5. The molecular formula is C26H33IN6O. The van der Waals surface area contributed by atoms with Gasteiger partial charge in [0.25, 0.3) is 0 Å². The van der Waals surface area contributed by atoms with Gasteiger partial charge in [0.15, 0.2) is 5.96 Å². The summed E-state index contributed by atoms with van der Waals surface area (Å²) in [6.07, 6.45) is 2.71. The molecule has 1 aliphatic heterocycles. The molecule has 8 heteroatoms. The summed E-state index contributed by atoms with van der Waals surface area (Å²) in [5.74, 6) is 0.950. The van der Waals surface area contributed by atoms with Crippen LogP contribution in [0.4, 0.5) is 5.69 Å². The number of halogens is 1. The SMILES string of the molecule is CN=C(NCc1ccc(N2CCCCC2=O)cc1)NCc1ccccc1-n1nc(C)cc1C.I. The van der Waals surface area contributed by atoms with Gasteiger partial charge in [0.2, 0.25) is 5.91 Å². The summed E-state index contributed by atoms with van der Waals surface area (Å²) in [5.41, 5.74) is 6.43. The zero-order valence-corrected chi connectivity index (χ0v) is 22.4. The van der Waals surface area contributed by atoms with Crippen LogP contribution in [0.3, 0.4) is 0 Å². The lowest BCUT2D eigenvalue weighted by Gasteiger charge is -2.26. The quantitative estimate of drug-likeness (QED) is 0.260. The maximum atomic E-state index is 12.1. The minimum absolute atomic E-state index is 0. The van der Waals surface area contributed by atoms with E-state index in [9.17, 15) is 4.79 Å². The molecule has 0 spiro atoms. The highest BCUT2D eigenvalue weighted by molar-refractivity contribution is 14.0. The van der Waals surface area contributed by atoms with E-state index in [1.165, 1.54) is 0 Å². The van der Waals surface area contributed by atoms with Crippen LogP contribution in [0, 0.1) is 13.8 Å². The summed E-state index contributed by atoms with van der Waals surface area (Å²) in [4.78, 5) is 18.4. The zero-order valence-electron chi connectivity index (χ0n) is 20.0. The monoisotopic (exact) mass is 572 g/mol. The predicted octanol–water partition coefficient (Wildman–Crippen LogP) is 4.49. The normalized spacial score (nSPS) is 14.0. The molecule has 0 bridgehead atoms. The number of benzene rings is 2. The van der Waals surface area contributed by atoms with E-state index >= 15 is 0 Å². The number of carbonyl (C=O) groups excluding carboxylic acids is 1. The molecule has 1 aliphatic rings. The van der Waals surface area contributed by atoms with Crippen molar-refractivity contribution in [1.82, 2.24) is 20.4 Å². The first-order valence-corrected chi connectivity index (χ1v) is 11.5. The highest BCUT2D eigenvalue weighted by atomic mass is 127. The summed E-state index contributed by atoms with van der Waals surface area (Å²) in [7, 11) is 1.77. The van der Waals surface area contributed by atoms with Gasteiger partial charge >= 0.3 is 0 Å². The Labute approximate surface area is 218 Å². The summed E-state index contributed by atoms with van der Waals surface area (Å²) in [6, 6.07) is 18.5. The van der Waals surface area contributed by atoms with E-state index in [0.29, 0.717) is 19.5 Å². The molecule has 2 N–H and O–H groups in total. The molecule has 4 rings (SSSR count). The third-order valence-electron chi connectivity index (χ3n) is 5.93. The lowest BCUT2D eigenvalue weighted by molar-refractivity contribution is -0.119. The van der Waals surface area contributed by atoms with E-state index in [4.69, 9.17) is 0 Å². The van der Waals surface area contributed by atoms with Crippen molar-refractivity contribution in [1.29, 1.82) is 0 Å². The number of guanidine groups is 1. The van der Waals surface area contributed by atoms with Crippen molar-refractivity contribution >= 4 is 41.5 Å². The molecule has 34 heavy (non-hydrogen) atoms. The molecule has 1 amide bonds. The van der Waals surface area contributed by atoms with Gasteiger partial charge in [-0.3, -0.25) is 9.79 Å². The van der Waals surface area contributed by atoms with E-state index < -0.39 is 0 Å². The van der Waals surface area contributed by atoms with Gasteiger partial charge in [0, 0.05) is 44.5 Å². The molecule has 0 atom stereocenters. The van der Waals surface area contributed by atoms with E-state index in [2.05, 4.69) is 58.0 Å². The molecule has 0 radical (unpaired) electrons. The lowest BCUT2D eigenvalue weighted by atomic mass is 10.1. The fourth-order valence-electron chi connectivity index (χ4n) is 4.20. The highest BCUT2D eigenvalue weighted by Crippen LogP contribution is 2.21. The number of carbonyl (C=O) groups is 1. The van der Waals surface area contributed by atoms with Crippen molar-refractivity contribution < 1.29 is 4.79 Å². The van der Waals surface area contributed by atoms with E-state index in [1.807, 2.05) is 40.8 Å². The van der Waals surface area contributed by atoms with Crippen LogP contribution in [0.25, 0.3) is 5.69 Å². The number of aryl methyl sites for hydroxylation is 2. The average Bonchev–Trinajstić information content (AvgIpc) is 3.18. The second-order valence-corrected chi connectivity index (χ2v) is 8.42. The zero-order chi connectivity index (χ0) is 23.2. The third kappa shape index (κ3) is 6.16. The van der Waals surface area contributed by atoms with Crippen LogP contribution < -0.4 is 15.5 Å². The van der Waals surface area contributed by atoms with E-state index in [0.717, 1.165) is 59.2 Å². The molecule has 2 aromatic carbocycles. The number of nitrogens with one attached hydrogen (secondary N) is 2. The Balaban J connectivity index is 0.00000324. The van der Waals surface area contributed by atoms with Crippen molar-refractivity contribution in [2.75, 3.05) is 18.5 Å². The molecule has 1 saturated heterocycles. The molecule has 0 saturated carbocycles. The van der Waals surface area contributed by atoms with Crippen molar-refractivity contribution in [2.24, 2.45) is 4.99 Å². The fraction of sp³-hybridized carbons (Fsp3) is 0.346. The van der Waals surface area contributed by atoms with Gasteiger partial charge in [-0.15, -0.1) is 24.0 Å². The highest BCUT2D eigenvalue weighted by Gasteiger charge is 2.19. The Morgan fingerprint density at radius 3 is 2.44 bits per heavy atom. The number of aromatic nitrogens is 2. The fourth-order valence-corrected chi connectivity index (χ4v) is 4.20. The Morgan fingerprint density at radius 1 is 1.03 bits per heavy atom. The van der Waals surface area contributed by atoms with Crippen molar-refractivity contribution in [3.8, 4) is 5.69 Å². The van der Waals surface area contributed by atoms with E-state index in [-0.39, 0.29) is 29.9 Å². The molecule has 1 fully saturated rings. The van der Waals surface area contributed by atoms with Crippen LogP contribution >= 0.6 is 24.0 Å². The van der Waals surface area contributed by atoms with Crippen LogP contribution in [0.5, 0.6) is 0 Å². The van der Waals surface area contributed by atoms with Crippen LogP contribution in [0.1, 0.15) is 41.8 Å². The average molecular weight is 572 g/mol. The summed E-state index contributed by atoms with van der Waals surface area (Å²) in [6.45, 7) is 6.16. The molecule has 0 unspecified atom stereocenters. The maximum absolute atomic E-state index is 12.1. The second-order valence-electron chi connectivity index (χ2n) is 8.42. The van der Waals surface area contributed by atoms with Crippen molar-refractivity contribution in [2.45, 2.75) is 46.2 Å². The van der Waals surface area contributed by atoms with Crippen LogP contribution in [-0.4, -0.2) is 35.2 Å². The Hall–Kier alpha value is -2.88. The standard InChI is InChI=1S/C26H32N6O.HI/c1-19-16-20(2)32(30-19)24-9-5-4-8-22(24)18-29-26(27-3)28-17-21-11-13-23(14-12-21)31-15-7-6-10-25(31)33;/h4-5,8-9,11-14,16H,6-7,10,15,17-18H2,1-3H3,(H2,27,28,29);1H. The Kier molecular flexibility index (Phi) is 9.09. The minimum Gasteiger partial charge on any atom is -0.352 e. The number of hydrogen-bond acceptors (Lipinski definition) is 3. The van der Waals surface area contributed by atoms with Crippen molar-refractivity contribution in [3.05, 3.63) is 77.1 Å². The molecule has 7 nitrogen and oxygen atoms in total. The van der Waals surface area contributed by atoms with Gasteiger partial charge in [-0.1, -0.05) is 30.3 Å². The molecular weight excluding hydrogens is 539 g/mol. The first-order chi connectivity index (χ1) is 16.0. The van der Waals surface area contributed by atoms with Gasteiger partial charge in [0.1, 0.15) is 0 Å². The molecule has 1 aromatic heterocycles. The van der Waals surface area contributed by atoms with Crippen molar-refractivity contribution in [3.63, 3.8) is 0 Å². The number of rotatable bonds is 6.